The highest BCUT2D eigenvalue weighted by molar-refractivity contribution is 5.25. The van der Waals surface area contributed by atoms with Crippen molar-refractivity contribution < 1.29 is 0 Å². The second kappa shape index (κ2) is 8.26. The van der Waals surface area contributed by atoms with Crippen molar-refractivity contribution in [3.05, 3.63) is 23.3 Å². The van der Waals surface area contributed by atoms with Gasteiger partial charge in [0, 0.05) is 11.4 Å². The maximum absolute atomic E-state index is 4.35. The van der Waals surface area contributed by atoms with Crippen LogP contribution in [0.5, 0.6) is 0 Å². The molecule has 1 heterocycles. The SMILES string of the molecule is CC.CCCCc1ncnc(C(C)C)c1C. The first kappa shape index (κ1) is 15.1. The predicted octanol–water partition coefficient (Wildman–Crippen LogP) is 4.28. The van der Waals surface area contributed by atoms with Crippen LogP contribution in [0.2, 0.25) is 0 Å². The van der Waals surface area contributed by atoms with Crippen LogP contribution < -0.4 is 0 Å². The average Bonchev–Trinajstić information content (AvgIpc) is 2.30. The molecule has 0 saturated heterocycles. The van der Waals surface area contributed by atoms with Gasteiger partial charge in [0.15, 0.2) is 0 Å². The van der Waals surface area contributed by atoms with E-state index < -0.39 is 0 Å². The molecule has 0 amide bonds. The second-order valence-corrected chi connectivity index (χ2v) is 4.09. The molecular weight excluding hydrogens is 196 g/mol. The molecule has 0 spiro atoms. The summed E-state index contributed by atoms with van der Waals surface area (Å²) < 4.78 is 0. The lowest BCUT2D eigenvalue weighted by molar-refractivity contribution is 0.741. The first-order chi connectivity index (χ1) is 7.66. The van der Waals surface area contributed by atoms with Crippen LogP contribution in [-0.2, 0) is 6.42 Å². The van der Waals surface area contributed by atoms with Gasteiger partial charge in [-0.25, -0.2) is 9.97 Å². The van der Waals surface area contributed by atoms with Crippen LogP contribution in [0.1, 0.15) is 70.3 Å². The van der Waals surface area contributed by atoms with Crippen LogP contribution in [0.15, 0.2) is 6.33 Å². The Morgan fingerprint density at radius 1 is 1.19 bits per heavy atom. The molecule has 0 aliphatic heterocycles. The van der Waals surface area contributed by atoms with Crippen LogP contribution in [0.25, 0.3) is 0 Å². The molecular formula is C14H26N2. The van der Waals surface area contributed by atoms with Gasteiger partial charge >= 0.3 is 0 Å². The highest BCUT2D eigenvalue weighted by Crippen LogP contribution is 2.18. The topological polar surface area (TPSA) is 25.8 Å². The van der Waals surface area contributed by atoms with Crippen molar-refractivity contribution in [2.75, 3.05) is 0 Å². The third-order valence-electron chi connectivity index (χ3n) is 2.54. The van der Waals surface area contributed by atoms with E-state index in [4.69, 9.17) is 0 Å². The van der Waals surface area contributed by atoms with Crippen molar-refractivity contribution in [1.29, 1.82) is 0 Å². The van der Waals surface area contributed by atoms with Gasteiger partial charge in [0.05, 0.1) is 0 Å². The van der Waals surface area contributed by atoms with Crippen LogP contribution in [0, 0.1) is 6.92 Å². The molecule has 0 fully saturated rings. The van der Waals surface area contributed by atoms with E-state index in [0.29, 0.717) is 5.92 Å². The minimum atomic E-state index is 0.498. The molecule has 0 unspecified atom stereocenters. The molecule has 92 valence electrons. The number of aryl methyl sites for hydroxylation is 1. The van der Waals surface area contributed by atoms with Crippen molar-refractivity contribution in [3.8, 4) is 0 Å². The van der Waals surface area contributed by atoms with Crippen LogP contribution >= 0.6 is 0 Å². The third-order valence-corrected chi connectivity index (χ3v) is 2.54. The van der Waals surface area contributed by atoms with Gasteiger partial charge in [-0.15, -0.1) is 0 Å². The van der Waals surface area contributed by atoms with Gasteiger partial charge in [0.1, 0.15) is 6.33 Å². The Morgan fingerprint density at radius 3 is 2.31 bits per heavy atom. The maximum atomic E-state index is 4.35. The second-order valence-electron chi connectivity index (χ2n) is 4.09. The minimum absolute atomic E-state index is 0.498. The Hall–Kier alpha value is -0.920. The smallest absolute Gasteiger partial charge is 0.115 e. The molecule has 0 radical (unpaired) electrons. The van der Waals surface area contributed by atoms with Gasteiger partial charge in [-0.1, -0.05) is 41.0 Å². The molecule has 0 bridgehead atoms. The van der Waals surface area contributed by atoms with Gasteiger partial charge in [-0.3, -0.25) is 0 Å². The Kier molecular flexibility index (Phi) is 7.78. The fourth-order valence-corrected chi connectivity index (χ4v) is 1.68. The predicted molar refractivity (Wildman–Crippen MR) is 70.8 cm³/mol. The Labute approximate surface area is 101 Å². The molecule has 0 N–H and O–H groups in total. The van der Waals surface area contributed by atoms with Crippen LogP contribution in [0.3, 0.4) is 0 Å². The van der Waals surface area contributed by atoms with E-state index in [1.807, 2.05) is 13.8 Å². The number of unbranched alkanes of at least 4 members (excludes halogenated alkanes) is 1. The lowest BCUT2D eigenvalue weighted by Crippen LogP contribution is -2.03. The van der Waals surface area contributed by atoms with Crippen molar-refractivity contribution in [3.63, 3.8) is 0 Å². The lowest BCUT2D eigenvalue weighted by atomic mass is 10.0. The summed E-state index contributed by atoms with van der Waals surface area (Å²) in [5, 5.41) is 0. The highest BCUT2D eigenvalue weighted by atomic mass is 14.8. The summed E-state index contributed by atoms with van der Waals surface area (Å²) >= 11 is 0. The van der Waals surface area contributed by atoms with Gasteiger partial charge in [0.25, 0.3) is 0 Å². The molecule has 0 aliphatic rings. The van der Waals surface area contributed by atoms with Crippen LogP contribution in [-0.4, -0.2) is 9.97 Å². The first-order valence-corrected chi connectivity index (χ1v) is 6.47. The number of hydrogen-bond donors (Lipinski definition) is 0. The summed E-state index contributed by atoms with van der Waals surface area (Å²) in [7, 11) is 0. The first-order valence-electron chi connectivity index (χ1n) is 6.47. The van der Waals surface area contributed by atoms with E-state index in [0.717, 1.165) is 6.42 Å². The fourth-order valence-electron chi connectivity index (χ4n) is 1.68. The summed E-state index contributed by atoms with van der Waals surface area (Å²) in [4.78, 5) is 8.68. The van der Waals surface area contributed by atoms with E-state index in [1.54, 1.807) is 6.33 Å². The standard InChI is InChI=1S/C12H20N2.C2H6/c1-5-6-7-11-10(4)12(9(2)3)14-8-13-11;1-2/h8-9H,5-7H2,1-4H3;1-2H3. The Bertz CT molecular complexity index is 293. The van der Waals surface area contributed by atoms with Gasteiger partial charge in [-0.05, 0) is 31.2 Å². The van der Waals surface area contributed by atoms with Gasteiger partial charge in [-0.2, -0.15) is 0 Å². The monoisotopic (exact) mass is 222 g/mol. The molecule has 2 heteroatoms. The van der Waals surface area contributed by atoms with Crippen molar-refractivity contribution in [2.45, 2.75) is 66.7 Å². The fraction of sp³-hybridized carbons (Fsp3) is 0.714. The summed E-state index contributed by atoms with van der Waals surface area (Å²) in [6.45, 7) is 12.7. The molecule has 1 aromatic heterocycles. The highest BCUT2D eigenvalue weighted by Gasteiger charge is 2.09. The molecule has 2 nitrogen and oxygen atoms in total. The Morgan fingerprint density at radius 2 is 1.81 bits per heavy atom. The van der Waals surface area contributed by atoms with Crippen molar-refractivity contribution in [2.24, 2.45) is 0 Å². The summed E-state index contributed by atoms with van der Waals surface area (Å²) in [6.07, 6.45) is 5.23. The summed E-state index contributed by atoms with van der Waals surface area (Å²) in [6, 6.07) is 0. The molecule has 1 aromatic rings. The largest absolute Gasteiger partial charge is 0.241 e. The number of nitrogens with zero attached hydrogens (tertiary/aromatic N) is 2. The average molecular weight is 222 g/mol. The van der Waals surface area contributed by atoms with Crippen molar-refractivity contribution in [1.82, 2.24) is 9.97 Å². The zero-order chi connectivity index (χ0) is 12.6. The zero-order valence-corrected chi connectivity index (χ0v) is 11.7. The molecule has 0 saturated carbocycles. The van der Waals surface area contributed by atoms with E-state index in [2.05, 4.69) is 37.7 Å². The number of hydrogen-bond acceptors (Lipinski definition) is 2. The van der Waals surface area contributed by atoms with Crippen molar-refractivity contribution >= 4 is 0 Å². The zero-order valence-electron chi connectivity index (χ0n) is 11.7. The molecule has 16 heavy (non-hydrogen) atoms. The third kappa shape index (κ3) is 4.30. The molecule has 0 aromatic carbocycles. The molecule has 0 atom stereocenters. The van der Waals surface area contributed by atoms with Gasteiger partial charge in [0.2, 0.25) is 0 Å². The van der Waals surface area contributed by atoms with E-state index in [1.165, 1.54) is 29.8 Å². The number of rotatable bonds is 4. The maximum Gasteiger partial charge on any atom is 0.115 e. The quantitative estimate of drug-likeness (QED) is 0.760. The Balaban J connectivity index is 0.00000106. The van der Waals surface area contributed by atoms with E-state index in [9.17, 15) is 0 Å². The lowest BCUT2D eigenvalue weighted by Gasteiger charge is -2.11. The van der Waals surface area contributed by atoms with Gasteiger partial charge < -0.3 is 0 Å². The number of aromatic nitrogens is 2. The molecule has 1 rings (SSSR count). The normalized spacial score (nSPS) is 9.94. The minimum Gasteiger partial charge on any atom is -0.241 e. The van der Waals surface area contributed by atoms with Crippen LogP contribution in [0.4, 0.5) is 0 Å². The van der Waals surface area contributed by atoms with E-state index >= 15 is 0 Å². The van der Waals surface area contributed by atoms with E-state index in [-0.39, 0.29) is 0 Å². The molecule has 0 aliphatic carbocycles. The summed E-state index contributed by atoms with van der Waals surface area (Å²) in [5.74, 6) is 0.498. The summed E-state index contributed by atoms with van der Waals surface area (Å²) in [5.41, 5.74) is 3.72.